The zero-order valence-corrected chi connectivity index (χ0v) is 16.8. The summed E-state index contributed by atoms with van der Waals surface area (Å²) in [5.74, 6) is 1.91. The first-order chi connectivity index (χ1) is 14.1. The molecule has 0 atom stereocenters. The van der Waals surface area contributed by atoms with Crippen molar-refractivity contribution in [3.63, 3.8) is 0 Å². The average Bonchev–Trinajstić information content (AvgIpc) is 3.12. The molecule has 0 saturated heterocycles. The highest BCUT2D eigenvalue weighted by atomic mass is 16.6. The third-order valence-electron chi connectivity index (χ3n) is 4.29. The first-order valence-electron chi connectivity index (χ1n) is 8.60. The molecule has 1 aliphatic rings. The van der Waals surface area contributed by atoms with Crippen LogP contribution in [0, 0.1) is 0 Å². The van der Waals surface area contributed by atoms with Gasteiger partial charge in [0.05, 0.1) is 35.5 Å². The van der Waals surface area contributed by atoms with Gasteiger partial charge in [-0.05, 0) is 24.3 Å². The molecule has 0 amide bonds. The zero-order valence-electron chi connectivity index (χ0n) is 16.8. The third kappa shape index (κ3) is 3.82. The number of nitrogens with zero attached hydrogens (tertiary/aromatic N) is 1. The van der Waals surface area contributed by atoms with Crippen LogP contribution in [-0.2, 0) is 9.53 Å². The highest BCUT2D eigenvalue weighted by Gasteiger charge is 2.29. The summed E-state index contributed by atoms with van der Waals surface area (Å²) in [4.78, 5) is 16.8. The van der Waals surface area contributed by atoms with Crippen LogP contribution < -0.4 is 23.7 Å². The first-order valence-corrected chi connectivity index (χ1v) is 8.60. The molecule has 3 rings (SSSR count). The molecule has 0 N–H and O–H groups in total. The molecule has 29 heavy (non-hydrogen) atoms. The van der Waals surface area contributed by atoms with E-state index in [0.717, 1.165) is 0 Å². The van der Waals surface area contributed by atoms with Crippen molar-refractivity contribution < 1.29 is 33.2 Å². The SMILES string of the molecule is COc1cc(OC)c(OC)cc1/C=C1\N=C(c2c(OC)cccc2OC)OC1=O. The first kappa shape index (κ1) is 20.1. The Morgan fingerprint density at radius 1 is 0.793 bits per heavy atom. The van der Waals surface area contributed by atoms with E-state index in [2.05, 4.69) is 4.99 Å². The van der Waals surface area contributed by atoms with Gasteiger partial charge >= 0.3 is 5.97 Å². The number of carbonyl (C=O) groups excluding carboxylic acids is 1. The molecule has 0 aliphatic carbocycles. The number of rotatable bonds is 7. The van der Waals surface area contributed by atoms with Gasteiger partial charge in [-0.2, -0.15) is 0 Å². The molecule has 8 heteroatoms. The largest absolute Gasteiger partial charge is 0.496 e. The van der Waals surface area contributed by atoms with E-state index in [9.17, 15) is 4.79 Å². The molecule has 152 valence electrons. The minimum atomic E-state index is -0.607. The molecular weight excluding hydrogens is 378 g/mol. The number of cyclic esters (lactones) is 1. The summed E-state index contributed by atoms with van der Waals surface area (Å²) in [6, 6.07) is 8.58. The summed E-state index contributed by atoms with van der Waals surface area (Å²) in [7, 11) is 7.60. The maximum Gasteiger partial charge on any atom is 0.363 e. The summed E-state index contributed by atoms with van der Waals surface area (Å²) < 4.78 is 32.1. The highest BCUT2D eigenvalue weighted by Crippen LogP contribution is 2.37. The molecule has 0 spiro atoms. The maximum absolute atomic E-state index is 12.5. The smallest absolute Gasteiger partial charge is 0.363 e. The molecule has 0 radical (unpaired) electrons. The van der Waals surface area contributed by atoms with Crippen LogP contribution in [0.25, 0.3) is 6.08 Å². The minimum absolute atomic E-state index is 0.0926. The number of hydrogen-bond donors (Lipinski definition) is 0. The van der Waals surface area contributed by atoms with Gasteiger partial charge in [0.15, 0.2) is 17.2 Å². The predicted molar refractivity (Wildman–Crippen MR) is 106 cm³/mol. The second-order valence-electron chi connectivity index (χ2n) is 5.82. The molecule has 1 aliphatic heterocycles. The van der Waals surface area contributed by atoms with Gasteiger partial charge in [0, 0.05) is 11.6 Å². The Kier molecular flexibility index (Phi) is 5.92. The standard InChI is InChI=1S/C21H21NO7/c1-24-14-7-6-8-15(25-2)19(14)20-22-13(21(23)29-20)9-12-10-17(27-4)18(28-5)11-16(12)26-3/h6-11H,1-5H3/b13-9-. The monoisotopic (exact) mass is 399 g/mol. The van der Waals surface area contributed by atoms with Crippen molar-refractivity contribution >= 4 is 17.9 Å². The summed E-state index contributed by atoms with van der Waals surface area (Å²) in [5, 5.41) is 0. The molecule has 2 aromatic rings. The normalized spacial score (nSPS) is 14.3. The van der Waals surface area contributed by atoms with Gasteiger partial charge in [0.2, 0.25) is 5.90 Å². The van der Waals surface area contributed by atoms with Crippen LogP contribution in [0.2, 0.25) is 0 Å². The van der Waals surface area contributed by atoms with Crippen LogP contribution in [-0.4, -0.2) is 47.4 Å². The Morgan fingerprint density at radius 2 is 1.34 bits per heavy atom. The lowest BCUT2D eigenvalue weighted by atomic mass is 10.1. The van der Waals surface area contributed by atoms with Gasteiger partial charge in [0.1, 0.15) is 22.8 Å². The number of esters is 1. The van der Waals surface area contributed by atoms with Crippen molar-refractivity contribution in [2.75, 3.05) is 35.5 Å². The quantitative estimate of drug-likeness (QED) is 0.522. The van der Waals surface area contributed by atoms with Crippen molar-refractivity contribution in [1.82, 2.24) is 0 Å². The molecule has 1 heterocycles. The molecule has 2 aromatic carbocycles. The summed E-state index contributed by atoms with van der Waals surface area (Å²) >= 11 is 0. The Morgan fingerprint density at radius 3 is 1.90 bits per heavy atom. The van der Waals surface area contributed by atoms with Gasteiger partial charge in [-0.3, -0.25) is 0 Å². The lowest BCUT2D eigenvalue weighted by molar-refractivity contribution is -0.129. The zero-order chi connectivity index (χ0) is 21.0. The van der Waals surface area contributed by atoms with Gasteiger partial charge in [0.25, 0.3) is 0 Å². The van der Waals surface area contributed by atoms with E-state index in [1.165, 1.54) is 35.5 Å². The van der Waals surface area contributed by atoms with E-state index in [4.69, 9.17) is 28.4 Å². The van der Waals surface area contributed by atoms with Crippen LogP contribution in [0.1, 0.15) is 11.1 Å². The second-order valence-corrected chi connectivity index (χ2v) is 5.82. The lowest BCUT2D eigenvalue weighted by Gasteiger charge is -2.12. The van der Waals surface area contributed by atoms with Gasteiger partial charge < -0.3 is 28.4 Å². The van der Waals surface area contributed by atoms with E-state index in [1.54, 1.807) is 36.4 Å². The van der Waals surface area contributed by atoms with E-state index in [1.807, 2.05) is 0 Å². The Balaban J connectivity index is 2.09. The molecule has 0 fully saturated rings. The molecule has 0 aromatic heterocycles. The number of methoxy groups -OCH3 is 5. The van der Waals surface area contributed by atoms with E-state index < -0.39 is 5.97 Å². The average molecular weight is 399 g/mol. The van der Waals surface area contributed by atoms with Crippen molar-refractivity contribution in [2.24, 2.45) is 4.99 Å². The number of carbonyl (C=O) groups is 1. The van der Waals surface area contributed by atoms with Crippen LogP contribution >= 0.6 is 0 Å². The number of ether oxygens (including phenoxy) is 6. The number of aliphatic imine (C=N–C) groups is 1. The molecular formula is C21H21NO7. The van der Waals surface area contributed by atoms with Gasteiger partial charge in [-0.25, -0.2) is 9.79 Å². The fourth-order valence-corrected chi connectivity index (χ4v) is 2.89. The Hall–Kier alpha value is -3.68. The van der Waals surface area contributed by atoms with Crippen LogP contribution in [0.5, 0.6) is 28.7 Å². The van der Waals surface area contributed by atoms with Crippen LogP contribution in [0.3, 0.4) is 0 Å². The van der Waals surface area contributed by atoms with E-state index >= 15 is 0 Å². The second kappa shape index (κ2) is 8.55. The number of hydrogen-bond acceptors (Lipinski definition) is 8. The van der Waals surface area contributed by atoms with Crippen molar-refractivity contribution in [1.29, 1.82) is 0 Å². The predicted octanol–water partition coefficient (Wildman–Crippen LogP) is 3.07. The fourth-order valence-electron chi connectivity index (χ4n) is 2.89. The van der Waals surface area contributed by atoms with E-state index in [0.29, 0.717) is 39.9 Å². The highest BCUT2D eigenvalue weighted by molar-refractivity contribution is 6.15. The van der Waals surface area contributed by atoms with E-state index in [-0.39, 0.29) is 11.6 Å². The van der Waals surface area contributed by atoms with Crippen LogP contribution in [0.15, 0.2) is 41.0 Å². The summed E-state index contributed by atoms with van der Waals surface area (Å²) in [5.41, 5.74) is 1.13. The van der Waals surface area contributed by atoms with Crippen molar-refractivity contribution in [2.45, 2.75) is 0 Å². The van der Waals surface area contributed by atoms with Crippen molar-refractivity contribution in [3.8, 4) is 28.7 Å². The van der Waals surface area contributed by atoms with Crippen LogP contribution in [0.4, 0.5) is 0 Å². The topological polar surface area (TPSA) is 84.8 Å². The summed E-state index contributed by atoms with van der Waals surface area (Å²) in [6.45, 7) is 0. The maximum atomic E-state index is 12.5. The molecule has 0 bridgehead atoms. The molecule has 0 saturated carbocycles. The van der Waals surface area contributed by atoms with Gasteiger partial charge in [-0.1, -0.05) is 6.07 Å². The summed E-state index contributed by atoms with van der Waals surface area (Å²) in [6.07, 6.45) is 1.55. The lowest BCUT2D eigenvalue weighted by Crippen LogP contribution is -2.09. The number of benzene rings is 2. The molecule has 8 nitrogen and oxygen atoms in total. The Labute approximate surface area is 168 Å². The molecule has 0 unspecified atom stereocenters. The minimum Gasteiger partial charge on any atom is -0.496 e. The third-order valence-corrected chi connectivity index (χ3v) is 4.29. The fraction of sp³-hybridized carbons (Fsp3) is 0.238. The van der Waals surface area contributed by atoms with Crippen molar-refractivity contribution in [3.05, 3.63) is 47.2 Å². The Bertz CT molecular complexity index is 973. The van der Waals surface area contributed by atoms with Gasteiger partial charge in [-0.15, -0.1) is 0 Å².